The molecular weight excluding hydrogens is 266 g/mol. The van der Waals surface area contributed by atoms with E-state index >= 15 is 0 Å². The lowest BCUT2D eigenvalue weighted by atomic mass is 10.1. The van der Waals surface area contributed by atoms with E-state index in [1.165, 1.54) is 19.3 Å². The number of rotatable bonds is 6. The lowest BCUT2D eigenvalue weighted by molar-refractivity contribution is 0.172. The Morgan fingerprint density at radius 1 is 1.24 bits per heavy atom. The largest absolute Gasteiger partial charge is 0.423 e. The Morgan fingerprint density at radius 2 is 2.00 bits per heavy atom. The summed E-state index contributed by atoms with van der Waals surface area (Å²) in [5.41, 5.74) is 0.388. The lowest BCUT2D eigenvalue weighted by Crippen LogP contribution is -2.34. The Morgan fingerprint density at radius 3 is 2.67 bits per heavy atom. The van der Waals surface area contributed by atoms with Crippen LogP contribution in [0.25, 0.3) is 0 Å². The minimum Gasteiger partial charge on any atom is -0.423 e. The molecule has 1 aliphatic heterocycles. The molecule has 0 atom stereocenters. The first-order valence-corrected chi connectivity index (χ1v) is 8.09. The Hall–Kier alpha value is -1.72. The van der Waals surface area contributed by atoms with Crippen LogP contribution in [-0.4, -0.2) is 41.1 Å². The predicted octanol–water partition coefficient (Wildman–Crippen LogP) is 2.24. The second-order valence-electron chi connectivity index (χ2n) is 5.47. The van der Waals surface area contributed by atoms with Gasteiger partial charge in [-0.3, -0.25) is 0 Å². The van der Waals surface area contributed by atoms with Crippen LogP contribution in [0.5, 0.6) is 0 Å². The van der Waals surface area contributed by atoms with Gasteiger partial charge in [0.05, 0.1) is 0 Å². The van der Waals surface area contributed by atoms with Crippen LogP contribution in [0.1, 0.15) is 46.0 Å². The Balaban J connectivity index is 2.34. The van der Waals surface area contributed by atoms with Gasteiger partial charge in [-0.1, -0.05) is 13.8 Å². The van der Waals surface area contributed by atoms with Gasteiger partial charge < -0.3 is 15.4 Å². The summed E-state index contributed by atoms with van der Waals surface area (Å²) in [5, 5.41) is 13.5. The van der Waals surface area contributed by atoms with E-state index in [1.807, 2.05) is 6.07 Å². The summed E-state index contributed by atoms with van der Waals surface area (Å²) in [4.78, 5) is 11.2. The highest BCUT2D eigenvalue weighted by Crippen LogP contribution is 2.19. The van der Waals surface area contributed by atoms with Gasteiger partial charge in [0.15, 0.2) is 0 Å². The van der Waals surface area contributed by atoms with Crippen LogP contribution >= 0.6 is 0 Å². The summed E-state index contributed by atoms with van der Waals surface area (Å²) in [7, 11) is 0. The minimum atomic E-state index is 0.388. The second-order valence-corrected chi connectivity index (χ2v) is 5.47. The van der Waals surface area contributed by atoms with Crippen LogP contribution < -0.4 is 15.8 Å². The second kappa shape index (κ2) is 7.90. The summed E-state index contributed by atoms with van der Waals surface area (Å²) < 4.78 is 1.07. The van der Waals surface area contributed by atoms with Crippen LogP contribution in [0.2, 0.25) is 0 Å². The normalized spacial score (nSPS) is 16.3. The van der Waals surface area contributed by atoms with E-state index in [0.717, 1.165) is 43.0 Å². The minimum absolute atomic E-state index is 0.388. The van der Waals surface area contributed by atoms with E-state index in [2.05, 4.69) is 34.0 Å². The molecule has 2 heterocycles. The summed E-state index contributed by atoms with van der Waals surface area (Å²) in [5.74, 6) is 1.58. The van der Waals surface area contributed by atoms with Crippen LogP contribution in [0.3, 0.4) is 0 Å². The maximum absolute atomic E-state index is 10.2. The summed E-state index contributed by atoms with van der Waals surface area (Å²) >= 11 is 0. The van der Waals surface area contributed by atoms with Crippen molar-refractivity contribution >= 4 is 11.6 Å². The number of nitrogens with one attached hydrogen (secondary N) is 1. The zero-order valence-electron chi connectivity index (χ0n) is 13.2. The van der Waals surface area contributed by atoms with Crippen LogP contribution in [0.15, 0.2) is 11.1 Å². The average molecular weight is 293 g/mol. The van der Waals surface area contributed by atoms with Crippen LogP contribution in [-0.2, 0) is 0 Å². The molecule has 118 valence electrons. The molecule has 0 radical (unpaired) electrons. The zero-order chi connectivity index (χ0) is 15.1. The van der Waals surface area contributed by atoms with Gasteiger partial charge in [0.2, 0.25) is 0 Å². The van der Waals surface area contributed by atoms with Gasteiger partial charge in [-0.25, -0.2) is 4.99 Å². The Kier molecular flexibility index (Phi) is 5.90. The predicted molar refractivity (Wildman–Crippen MR) is 85.0 cm³/mol. The molecule has 1 fully saturated rings. The molecule has 0 aromatic carbocycles. The molecule has 1 saturated heterocycles. The van der Waals surface area contributed by atoms with Gasteiger partial charge in [-0.15, -0.1) is 4.73 Å². The van der Waals surface area contributed by atoms with Crippen molar-refractivity contribution in [2.24, 2.45) is 4.99 Å². The maximum atomic E-state index is 10.2. The third kappa shape index (κ3) is 4.12. The maximum Gasteiger partial charge on any atom is 0.262 e. The molecule has 21 heavy (non-hydrogen) atoms. The highest BCUT2D eigenvalue weighted by Gasteiger charge is 2.15. The molecule has 2 rings (SSSR count). The smallest absolute Gasteiger partial charge is 0.262 e. The number of anilines is 2. The van der Waals surface area contributed by atoms with Gasteiger partial charge >= 0.3 is 0 Å². The molecular formula is C15H27N5O. The molecule has 1 aromatic heterocycles. The number of hydrogen-bond donors (Lipinski definition) is 2. The molecule has 0 saturated carbocycles. The molecule has 0 spiro atoms. The fourth-order valence-electron chi connectivity index (χ4n) is 2.45. The van der Waals surface area contributed by atoms with E-state index in [0.29, 0.717) is 18.0 Å². The van der Waals surface area contributed by atoms with Crippen molar-refractivity contribution in [3.8, 4) is 0 Å². The number of aromatic nitrogens is 2. The fourth-order valence-corrected chi connectivity index (χ4v) is 2.45. The van der Waals surface area contributed by atoms with Crippen LogP contribution in [0, 0.1) is 0 Å². The van der Waals surface area contributed by atoms with Crippen molar-refractivity contribution in [3.05, 3.63) is 11.7 Å². The topological polar surface area (TPSA) is 65.7 Å². The van der Waals surface area contributed by atoms with Crippen molar-refractivity contribution in [1.29, 1.82) is 0 Å². The molecule has 6 heteroatoms. The highest BCUT2D eigenvalue weighted by molar-refractivity contribution is 5.49. The number of piperidine rings is 1. The van der Waals surface area contributed by atoms with Gasteiger partial charge in [-0.05, 0) is 32.1 Å². The molecule has 0 unspecified atom stereocenters. The molecule has 0 bridgehead atoms. The molecule has 2 N–H and O–H groups in total. The summed E-state index contributed by atoms with van der Waals surface area (Å²) in [6.07, 6.45) is 5.64. The molecule has 1 aromatic rings. The van der Waals surface area contributed by atoms with Crippen molar-refractivity contribution < 1.29 is 5.21 Å². The zero-order valence-corrected chi connectivity index (χ0v) is 13.2. The van der Waals surface area contributed by atoms with Crippen molar-refractivity contribution in [2.45, 2.75) is 46.0 Å². The third-order valence-electron chi connectivity index (χ3n) is 3.61. The van der Waals surface area contributed by atoms with E-state index in [4.69, 9.17) is 0 Å². The standard InChI is InChI=1S/C15H27N5O/c1-3-8-16-13-12-14(19-10-6-5-7-11-19)18-15(20(13)21)17-9-4-2/h12,16,21H,3-11H2,1-2H3. The van der Waals surface area contributed by atoms with E-state index in [-0.39, 0.29) is 0 Å². The first-order chi connectivity index (χ1) is 10.3. The van der Waals surface area contributed by atoms with E-state index in [1.54, 1.807) is 0 Å². The molecule has 6 nitrogen and oxygen atoms in total. The number of hydrogen-bond acceptors (Lipinski definition) is 5. The first kappa shape index (κ1) is 15.7. The number of nitrogens with zero attached hydrogens (tertiary/aromatic N) is 4. The molecule has 0 aliphatic carbocycles. The van der Waals surface area contributed by atoms with Gasteiger partial charge in [0.1, 0.15) is 11.6 Å². The first-order valence-electron chi connectivity index (χ1n) is 8.09. The molecule has 0 amide bonds. The third-order valence-corrected chi connectivity index (χ3v) is 3.61. The average Bonchev–Trinajstić information content (AvgIpc) is 2.53. The Bertz CT molecular complexity index is 505. The van der Waals surface area contributed by atoms with Crippen molar-refractivity contribution in [1.82, 2.24) is 9.71 Å². The van der Waals surface area contributed by atoms with Crippen molar-refractivity contribution in [2.75, 3.05) is 36.4 Å². The SMILES string of the molecule is CCCN=c1nc(N2CCCCC2)cc(NCCC)n1O. The Labute approximate surface area is 126 Å². The highest BCUT2D eigenvalue weighted by atomic mass is 16.5. The van der Waals surface area contributed by atoms with Gasteiger partial charge in [0, 0.05) is 32.2 Å². The van der Waals surface area contributed by atoms with Crippen molar-refractivity contribution in [3.63, 3.8) is 0 Å². The fraction of sp³-hybridized carbons (Fsp3) is 0.733. The van der Waals surface area contributed by atoms with E-state index in [9.17, 15) is 5.21 Å². The molecule has 1 aliphatic rings. The summed E-state index contributed by atoms with van der Waals surface area (Å²) in [6, 6.07) is 1.92. The van der Waals surface area contributed by atoms with Gasteiger partial charge in [0.25, 0.3) is 5.62 Å². The monoisotopic (exact) mass is 293 g/mol. The van der Waals surface area contributed by atoms with Gasteiger partial charge in [-0.2, -0.15) is 4.98 Å². The quantitative estimate of drug-likeness (QED) is 0.790. The van der Waals surface area contributed by atoms with Crippen LogP contribution in [0.4, 0.5) is 11.6 Å². The van der Waals surface area contributed by atoms with E-state index < -0.39 is 0 Å². The lowest BCUT2D eigenvalue weighted by Gasteiger charge is -2.28. The summed E-state index contributed by atoms with van der Waals surface area (Å²) in [6.45, 7) is 7.72.